The van der Waals surface area contributed by atoms with Gasteiger partial charge in [0.1, 0.15) is 6.33 Å². The van der Waals surface area contributed by atoms with Gasteiger partial charge in [-0.25, -0.2) is 0 Å². The van der Waals surface area contributed by atoms with Crippen LogP contribution in [0.5, 0.6) is 11.5 Å². The SMILES string of the molecule is COc1cccc(/C=N\Nc2ccc3nncn3n2)c1O. The molecule has 0 fully saturated rings. The van der Waals surface area contributed by atoms with Gasteiger partial charge >= 0.3 is 0 Å². The number of nitrogens with one attached hydrogen (secondary N) is 1. The van der Waals surface area contributed by atoms with Crippen LogP contribution < -0.4 is 10.2 Å². The van der Waals surface area contributed by atoms with E-state index in [9.17, 15) is 5.11 Å². The Morgan fingerprint density at radius 2 is 2.24 bits per heavy atom. The molecule has 0 saturated carbocycles. The van der Waals surface area contributed by atoms with Crippen LogP contribution in [0.4, 0.5) is 5.82 Å². The molecule has 106 valence electrons. The Morgan fingerprint density at radius 1 is 1.33 bits per heavy atom. The van der Waals surface area contributed by atoms with Crippen LogP contribution in [0.1, 0.15) is 5.56 Å². The van der Waals surface area contributed by atoms with E-state index in [-0.39, 0.29) is 5.75 Å². The maximum Gasteiger partial charge on any atom is 0.177 e. The molecule has 0 atom stereocenters. The monoisotopic (exact) mass is 284 g/mol. The number of rotatable bonds is 4. The number of aromatic hydroxyl groups is 1. The molecule has 0 amide bonds. The lowest BCUT2D eigenvalue weighted by molar-refractivity contribution is 0.373. The quantitative estimate of drug-likeness (QED) is 0.553. The Bertz CT molecular complexity index is 798. The predicted molar refractivity (Wildman–Crippen MR) is 76.7 cm³/mol. The summed E-state index contributed by atoms with van der Waals surface area (Å²) in [7, 11) is 1.49. The van der Waals surface area contributed by atoms with Gasteiger partial charge in [-0.3, -0.25) is 5.43 Å². The maximum absolute atomic E-state index is 9.92. The highest BCUT2D eigenvalue weighted by Gasteiger charge is 2.04. The minimum Gasteiger partial charge on any atom is -0.504 e. The lowest BCUT2D eigenvalue weighted by atomic mass is 10.2. The van der Waals surface area contributed by atoms with E-state index in [1.807, 2.05) is 0 Å². The van der Waals surface area contributed by atoms with Crippen molar-refractivity contribution in [2.75, 3.05) is 12.5 Å². The highest BCUT2D eigenvalue weighted by Crippen LogP contribution is 2.27. The van der Waals surface area contributed by atoms with E-state index in [1.165, 1.54) is 24.2 Å². The van der Waals surface area contributed by atoms with Crippen LogP contribution in [-0.2, 0) is 0 Å². The number of nitrogens with zero attached hydrogens (tertiary/aromatic N) is 5. The van der Waals surface area contributed by atoms with Gasteiger partial charge in [-0.2, -0.15) is 9.62 Å². The van der Waals surface area contributed by atoms with Crippen molar-refractivity contribution in [1.29, 1.82) is 0 Å². The van der Waals surface area contributed by atoms with Crippen molar-refractivity contribution in [1.82, 2.24) is 19.8 Å². The van der Waals surface area contributed by atoms with Gasteiger partial charge in [-0.05, 0) is 24.3 Å². The first-order valence-corrected chi connectivity index (χ1v) is 6.10. The van der Waals surface area contributed by atoms with Crippen molar-refractivity contribution in [3.8, 4) is 11.5 Å². The van der Waals surface area contributed by atoms with E-state index in [1.54, 1.807) is 30.3 Å². The number of phenolic OH excluding ortho intramolecular Hbond substituents is 1. The summed E-state index contributed by atoms with van der Waals surface area (Å²) >= 11 is 0. The molecule has 0 aliphatic rings. The molecule has 0 radical (unpaired) electrons. The van der Waals surface area contributed by atoms with Crippen molar-refractivity contribution < 1.29 is 9.84 Å². The number of hydrogen-bond acceptors (Lipinski definition) is 7. The Labute approximate surface area is 119 Å². The first-order chi connectivity index (χ1) is 10.3. The molecule has 21 heavy (non-hydrogen) atoms. The summed E-state index contributed by atoms with van der Waals surface area (Å²) in [5.41, 5.74) is 3.95. The van der Waals surface area contributed by atoms with Crippen molar-refractivity contribution in [3.05, 3.63) is 42.2 Å². The maximum atomic E-state index is 9.92. The van der Waals surface area contributed by atoms with Gasteiger partial charge in [0, 0.05) is 5.56 Å². The van der Waals surface area contributed by atoms with E-state index in [0.29, 0.717) is 22.8 Å². The molecule has 0 saturated heterocycles. The number of ether oxygens (including phenoxy) is 1. The minimum absolute atomic E-state index is 0.0350. The fourth-order valence-corrected chi connectivity index (χ4v) is 1.76. The zero-order valence-corrected chi connectivity index (χ0v) is 11.1. The Kier molecular flexibility index (Phi) is 3.34. The van der Waals surface area contributed by atoms with E-state index >= 15 is 0 Å². The summed E-state index contributed by atoms with van der Waals surface area (Å²) < 4.78 is 6.56. The van der Waals surface area contributed by atoms with Crippen LogP contribution in [-0.4, -0.2) is 38.2 Å². The zero-order chi connectivity index (χ0) is 14.7. The Hall–Kier alpha value is -3.16. The number of anilines is 1. The van der Waals surface area contributed by atoms with Gasteiger partial charge in [-0.1, -0.05) is 6.07 Å². The molecule has 2 aromatic heterocycles. The van der Waals surface area contributed by atoms with Crippen LogP contribution in [0.3, 0.4) is 0 Å². The number of methoxy groups -OCH3 is 1. The average Bonchev–Trinajstić information content (AvgIpc) is 2.96. The summed E-state index contributed by atoms with van der Waals surface area (Å²) in [4.78, 5) is 0. The number of hydrazone groups is 1. The van der Waals surface area contributed by atoms with E-state index in [0.717, 1.165) is 0 Å². The van der Waals surface area contributed by atoms with E-state index in [2.05, 4.69) is 25.8 Å². The van der Waals surface area contributed by atoms with Gasteiger partial charge in [0.05, 0.1) is 13.3 Å². The Balaban J connectivity index is 1.77. The summed E-state index contributed by atoms with van der Waals surface area (Å²) in [5.74, 6) is 0.955. The van der Waals surface area contributed by atoms with Crippen LogP contribution in [0, 0.1) is 0 Å². The van der Waals surface area contributed by atoms with Crippen molar-refractivity contribution >= 4 is 17.7 Å². The van der Waals surface area contributed by atoms with Crippen LogP contribution in [0.15, 0.2) is 41.8 Å². The topological polar surface area (TPSA) is 96.9 Å². The number of fused-ring (bicyclic) bond motifs is 1. The molecule has 3 rings (SSSR count). The highest BCUT2D eigenvalue weighted by atomic mass is 16.5. The Morgan fingerprint density at radius 3 is 3.10 bits per heavy atom. The molecule has 2 heterocycles. The third-order valence-corrected chi connectivity index (χ3v) is 2.79. The number of aromatic nitrogens is 4. The van der Waals surface area contributed by atoms with Gasteiger partial charge < -0.3 is 9.84 Å². The number of para-hydroxylation sites is 1. The largest absolute Gasteiger partial charge is 0.504 e. The minimum atomic E-state index is 0.0350. The molecule has 0 aliphatic heterocycles. The molecule has 1 aromatic carbocycles. The van der Waals surface area contributed by atoms with E-state index < -0.39 is 0 Å². The molecule has 0 spiro atoms. The predicted octanol–water partition coefficient (Wildman–Crippen LogP) is 1.28. The second-order valence-corrected chi connectivity index (χ2v) is 4.12. The number of hydrogen-bond donors (Lipinski definition) is 2. The van der Waals surface area contributed by atoms with Crippen LogP contribution in [0.25, 0.3) is 5.65 Å². The summed E-state index contributed by atoms with van der Waals surface area (Å²) in [5, 5.41) is 25.7. The second-order valence-electron chi connectivity index (χ2n) is 4.12. The zero-order valence-electron chi connectivity index (χ0n) is 11.1. The first kappa shape index (κ1) is 12.9. The average molecular weight is 284 g/mol. The molecule has 8 heteroatoms. The van der Waals surface area contributed by atoms with Crippen LogP contribution >= 0.6 is 0 Å². The van der Waals surface area contributed by atoms with E-state index in [4.69, 9.17) is 4.74 Å². The summed E-state index contributed by atoms with van der Waals surface area (Å²) in [6, 6.07) is 8.65. The normalized spacial score (nSPS) is 11.1. The molecule has 3 aromatic rings. The van der Waals surface area contributed by atoms with Gasteiger partial charge in [-0.15, -0.1) is 15.3 Å². The summed E-state index contributed by atoms with van der Waals surface area (Å²) in [6.45, 7) is 0. The molecule has 8 nitrogen and oxygen atoms in total. The second kappa shape index (κ2) is 5.45. The fourth-order valence-electron chi connectivity index (χ4n) is 1.76. The molecule has 0 aliphatic carbocycles. The van der Waals surface area contributed by atoms with Gasteiger partial charge in [0.15, 0.2) is 23.0 Å². The summed E-state index contributed by atoms with van der Waals surface area (Å²) in [6.07, 6.45) is 2.98. The standard InChI is InChI=1S/C13H12N6O2/c1-21-10-4-2-3-9(13(10)20)7-14-16-11-5-6-12-17-15-8-19(12)18-11/h2-8,20H,1H3,(H,16,18)/b14-7-. The third kappa shape index (κ3) is 2.59. The fraction of sp³-hybridized carbons (Fsp3) is 0.0769. The smallest absolute Gasteiger partial charge is 0.177 e. The lowest BCUT2D eigenvalue weighted by Gasteiger charge is -2.05. The number of benzene rings is 1. The highest BCUT2D eigenvalue weighted by molar-refractivity contribution is 5.85. The van der Waals surface area contributed by atoms with Gasteiger partial charge in [0.2, 0.25) is 0 Å². The van der Waals surface area contributed by atoms with Crippen LogP contribution in [0.2, 0.25) is 0 Å². The molecular weight excluding hydrogens is 272 g/mol. The first-order valence-electron chi connectivity index (χ1n) is 6.10. The molecule has 0 unspecified atom stereocenters. The molecule has 0 bridgehead atoms. The third-order valence-electron chi connectivity index (χ3n) is 2.79. The molecule has 2 N–H and O–H groups in total. The van der Waals surface area contributed by atoms with Crippen molar-refractivity contribution in [2.45, 2.75) is 0 Å². The lowest BCUT2D eigenvalue weighted by Crippen LogP contribution is -1.98. The molecular formula is C13H12N6O2. The van der Waals surface area contributed by atoms with Gasteiger partial charge in [0.25, 0.3) is 0 Å². The number of phenols is 1. The van der Waals surface area contributed by atoms with Crippen molar-refractivity contribution in [2.24, 2.45) is 5.10 Å². The van der Waals surface area contributed by atoms with Crippen molar-refractivity contribution in [3.63, 3.8) is 0 Å².